The first-order chi connectivity index (χ1) is 5.60. The topological polar surface area (TPSA) is 59.4 Å². The zero-order chi connectivity index (χ0) is 10.0. The van der Waals surface area contributed by atoms with Gasteiger partial charge >= 0.3 is 8.56 Å². The Morgan fingerprint density at radius 1 is 1.42 bits per heavy atom. The molecule has 0 radical (unpaired) electrons. The van der Waals surface area contributed by atoms with Crippen LogP contribution in [0, 0.1) is 5.41 Å². The predicted molar refractivity (Wildman–Crippen MR) is 49.1 cm³/mol. The molecule has 5 heteroatoms. The molecular formula is C7H17NO3Si. The largest absolute Gasteiger partial charge is 0.398 e. The highest BCUT2D eigenvalue weighted by molar-refractivity contribution is 6.65. The van der Waals surface area contributed by atoms with Gasteiger partial charge in [-0.3, -0.25) is 0 Å². The number of rotatable bonds is 4. The minimum absolute atomic E-state index is 0.750. The lowest BCUT2D eigenvalue weighted by molar-refractivity contribution is 0.249. The Hall–Kier alpha value is -0.483. The molecule has 1 N–H and O–H groups in total. The van der Waals surface area contributed by atoms with Crippen LogP contribution in [0.1, 0.15) is 13.3 Å². The van der Waals surface area contributed by atoms with Gasteiger partial charge in [0.2, 0.25) is 6.08 Å². The van der Waals surface area contributed by atoms with E-state index >= 15 is 0 Å². The quantitative estimate of drug-likeness (QED) is 0.417. The average molecular weight is 191 g/mol. The second-order valence-corrected chi connectivity index (χ2v) is 5.98. The van der Waals surface area contributed by atoms with Gasteiger partial charge in [0.05, 0.1) is 0 Å². The normalized spacial score (nSPS) is 9.67. The minimum atomic E-state index is -1.70. The fourth-order valence-electron chi connectivity index (χ4n) is 0.742. The lowest BCUT2D eigenvalue weighted by Crippen LogP contribution is -2.35. The van der Waals surface area contributed by atoms with E-state index in [2.05, 4.69) is 13.5 Å². The van der Waals surface area contributed by atoms with Gasteiger partial charge in [-0.1, -0.05) is 13.3 Å². The van der Waals surface area contributed by atoms with Crippen molar-refractivity contribution in [2.24, 2.45) is 0 Å². The van der Waals surface area contributed by atoms with Crippen molar-refractivity contribution in [1.29, 1.82) is 5.41 Å². The Balaban J connectivity index is 0. The van der Waals surface area contributed by atoms with Crippen molar-refractivity contribution in [2.45, 2.75) is 25.9 Å². The first-order valence-electron chi connectivity index (χ1n) is 3.74. The summed E-state index contributed by atoms with van der Waals surface area (Å²) in [6, 6.07) is 1.08. The molecule has 72 valence electrons. The highest BCUT2D eigenvalue weighted by atomic mass is 28.4. The van der Waals surface area contributed by atoms with Crippen LogP contribution in [0.15, 0.2) is 0 Å². The summed E-state index contributed by atoms with van der Waals surface area (Å²) in [5.74, 6) is 0. The fraction of sp³-hybridized carbons (Fsp3) is 0.857. The molecule has 0 spiro atoms. The van der Waals surface area contributed by atoms with Gasteiger partial charge in [-0.15, -0.1) is 0 Å². The molecular weight excluding hydrogens is 174 g/mol. The van der Waals surface area contributed by atoms with Crippen LogP contribution in [0.2, 0.25) is 12.6 Å². The SMILES string of the molecule is CCC[Si](C)(OC)OC.N=C=O. The van der Waals surface area contributed by atoms with Crippen LogP contribution < -0.4 is 0 Å². The molecule has 0 aromatic heterocycles. The standard InChI is InChI=1S/C6H16O2Si.CHNO/c1-5-6-9(4,7-2)8-3;2-1-3/h5-6H2,1-4H3;2H. The van der Waals surface area contributed by atoms with Crippen molar-refractivity contribution in [1.82, 2.24) is 0 Å². The summed E-state index contributed by atoms with van der Waals surface area (Å²) in [6.45, 7) is 4.22. The number of hydrogen-bond donors (Lipinski definition) is 1. The first kappa shape index (κ1) is 14.1. The van der Waals surface area contributed by atoms with Crippen molar-refractivity contribution in [3.8, 4) is 0 Å². The molecule has 0 aromatic rings. The predicted octanol–water partition coefficient (Wildman–Crippen LogP) is 1.66. The van der Waals surface area contributed by atoms with Gasteiger partial charge in [0, 0.05) is 14.2 Å². The fourth-order valence-corrected chi connectivity index (χ4v) is 2.22. The average Bonchev–Trinajstić information content (AvgIpc) is 2.06. The van der Waals surface area contributed by atoms with E-state index in [4.69, 9.17) is 19.1 Å². The molecule has 0 saturated carbocycles. The molecule has 0 unspecified atom stereocenters. The van der Waals surface area contributed by atoms with Crippen molar-refractivity contribution in [2.75, 3.05) is 14.2 Å². The number of carbonyl (C=O) groups excluding carboxylic acids is 1. The third-order valence-electron chi connectivity index (χ3n) is 1.57. The maximum absolute atomic E-state index is 8.35. The van der Waals surface area contributed by atoms with E-state index < -0.39 is 8.56 Å². The summed E-state index contributed by atoms with van der Waals surface area (Å²) >= 11 is 0. The van der Waals surface area contributed by atoms with E-state index in [1.807, 2.05) is 0 Å². The van der Waals surface area contributed by atoms with Gasteiger partial charge in [0.1, 0.15) is 0 Å². The Morgan fingerprint density at radius 3 is 1.83 bits per heavy atom. The molecule has 12 heavy (non-hydrogen) atoms. The van der Waals surface area contributed by atoms with Crippen molar-refractivity contribution in [3.05, 3.63) is 0 Å². The second-order valence-electron chi connectivity index (χ2n) is 2.39. The van der Waals surface area contributed by atoms with Crippen LogP contribution in [0.4, 0.5) is 0 Å². The summed E-state index contributed by atoms with van der Waals surface area (Å²) in [4.78, 5) is 8.35. The molecule has 0 amide bonds. The third-order valence-corrected chi connectivity index (χ3v) is 4.70. The van der Waals surface area contributed by atoms with Crippen LogP contribution in [0.25, 0.3) is 0 Å². The summed E-state index contributed by atoms with van der Waals surface area (Å²) in [5.41, 5.74) is 0. The summed E-state index contributed by atoms with van der Waals surface area (Å²) in [5, 5.41) is 5.40. The first-order valence-corrected chi connectivity index (χ1v) is 6.26. The molecule has 0 heterocycles. The van der Waals surface area contributed by atoms with Crippen LogP contribution in [0.5, 0.6) is 0 Å². The van der Waals surface area contributed by atoms with Crippen molar-refractivity contribution < 1.29 is 13.6 Å². The lowest BCUT2D eigenvalue weighted by Gasteiger charge is -2.21. The maximum Gasteiger partial charge on any atom is 0.334 e. The smallest absolute Gasteiger partial charge is 0.334 e. The van der Waals surface area contributed by atoms with Crippen LogP contribution >= 0.6 is 0 Å². The highest BCUT2D eigenvalue weighted by Gasteiger charge is 2.26. The molecule has 0 aliphatic carbocycles. The zero-order valence-electron chi connectivity index (χ0n) is 8.14. The van der Waals surface area contributed by atoms with E-state index in [-0.39, 0.29) is 0 Å². The number of isocyanates is 1. The molecule has 0 aromatic carbocycles. The molecule has 0 fully saturated rings. The van der Waals surface area contributed by atoms with Crippen molar-refractivity contribution >= 4 is 14.6 Å². The highest BCUT2D eigenvalue weighted by Crippen LogP contribution is 2.12. The van der Waals surface area contributed by atoms with E-state index in [9.17, 15) is 0 Å². The van der Waals surface area contributed by atoms with Gasteiger partial charge in [0.15, 0.2) is 0 Å². The van der Waals surface area contributed by atoms with E-state index in [0.29, 0.717) is 0 Å². The molecule has 0 aliphatic rings. The minimum Gasteiger partial charge on any atom is -0.398 e. The van der Waals surface area contributed by atoms with Gasteiger partial charge in [-0.05, 0) is 12.6 Å². The Labute approximate surface area is 74.6 Å². The van der Waals surface area contributed by atoms with E-state index in [1.54, 1.807) is 14.2 Å². The second kappa shape index (κ2) is 8.61. The maximum atomic E-state index is 8.35. The number of hydrogen-bond acceptors (Lipinski definition) is 4. The van der Waals surface area contributed by atoms with Gasteiger partial charge in [0.25, 0.3) is 0 Å². The van der Waals surface area contributed by atoms with Crippen LogP contribution in [-0.4, -0.2) is 28.9 Å². The molecule has 0 aliphatic heterocycles. The third kappa shape index (κ3) is 7.62. The van der Waals surface area contributed by atoms with Gasteiger partial charge in [-0.2, -0.15) is 0 Å². The Bertz CT molecular complexity index is 131. The number of nitrogens with one attached hydrogen (secondary N) is 1. The lowest BCUT2D eigenvalue weighted by atomic mass is 10.6. The zero-order valence-corrected chi connectivity index (χ0v) is 9.14. The van der Waals surface area contributed by atoms with Crippen molar-refractivity contribution in [3.63, 3.8) is 0 Å². The van der Waals surface area contributed by atoms with Crippen LogP contribution in [0.3, 0.4) is 0 Å². The summed E-state index contributed by atoms with van der Waals surface area (Å²) < 4.78 is 10.5. The molecule has 4 nitrogen and oxygen atoms in total. The van der Waals surface area contributed by atoms with Gasteiger partial charge < -0.3 is 8.85 Å². The summed E-state index contributed by atoms with van der Waals surface area (Å²) in [7, 11) is 1.76. The molecule has 0 atom stereocenters. The van der Waals surface area contributed by atoms with E-state index in [0.717, 1.165) is 18.5 Å². The van der Waals surface area contributed by atoms with E-state index in [1.165, 1.54) is 0 Å². The molecule has 0 saturated heterocycles. The van der Waals surface area contributed by atoms with Crippen LogP contribution in [-0.2, 0) is 13.6 Å². The summed E-state index contributed by atoms with van der Waals surface area (Å²) in [6.07, 6.45) is 1.89. The monoisotopic (exact) mass is 191 g/mol. The Morgan fingerprint density at radius 2 is 1.75 bits per heavy atom. The Kier molecular flexibility index (Phi) is 10.1. The molecule has 0 rings (SSSR count). The molecule has 0 bridgehead atoms. The van der Waals surface area contributed by atoms with Gasteiger partial charge in [-0.25, -0.2) is 10.2 Å².